The molecule has 0 aliphatic carbocycles. The van der Waals surface area contributed by atoms with Gasteiger partial charge in [-0.3, -0.25) is 4.79 Å². The van der Waals surface area contributed by atoms with E-state index in [0.29, 0.717) is 17.1 Å². The lowest BCUT2D eigenvalue weighted by molar-refractivity contribution is 0.102. The standard InChI is InChI=1S/C14H13N5O/c1-9-5-6-10(8-15)7-12(9)18-14(20)11-3-2-4-13(17-11)19-16/h2-7H,16H2,1H3,(H,17,19)(H,18,20). The average molecular weight is 267 g/mol. The van der Waals surface area contributed by atoms with Crippen molar-refractivity contribution >= 4 is 17.4 Å². The van der Waals surface area contributed by atoms with Crippen LogP contribution < -0.4 is 16.6 Å². The number of nitrogen functional groups attached to an aromatic ring is 1. The second-order valence-electron chi connectivity index (χ2n) is 4.15. The summed E-state index contributed by atoms with van der Waals surface area (Å²) in [6.07, 6.45) is 0. The van der Waals surface area contributed by atoms with Crippen LogP contribution in [0.1, 0.15) is 21.6 Å². The molecule has 0 radical (unpaired) electrons. The lowest BCUT2D eigenvalue weighted by Crippen LogP contribution is -2.16. The molecular weight excluding hydrogens is 254 g/mol. The van der Waals surface area contributed by atoms with E-state index in [-0.39, 0.29) is 11.6 Å². The molecule has 0 saturated heterocycles. The number of carbonyl (C=O) groups excluding carboxylic acids is 1. The Morgan fingerprint density at radius 1 is 1.35 bits per heavy atom. The number of benzene rings is 1. The summed E-state index contributed by atoms with van der Waals surface area (Å²) in [7, 11) is 0. The number of hydrogen-bond donors (Lipinski definition) is 3. The lowest BCUT2D eigenvalue weighted by Gasteiger charge is -2.09. The summed E-state index contributed by atoms with van der Waals surface area (Å²) in [5, 5.41) is 11.6. The van der Waals surface area contributed by atoms with E-state index in [9.17, 15) is 4.79 Å². The monoisotopic (exact) mass is 267 g/mol. The first-order valence-corrected chi connectivity index (χ1v) is 5.90. The van der Waals surface area contributed by atoms with Crippen LogP contribution in [0.15, 0.2) is 36.4 Å². The number of amides is 1. The Balaban J connectivity index is 2.25. The fourth-order valence-electron chi connectivity index (χ4n) is 1.65. The molecule has 0 bridgehead atoms. The number of pyridine rings is 1. The van der Waals surface area contributed by atoms with Crippen LogP contribution in [0.25, 0.3) is 0 Å². The van der Waals surface area contributed by atoms with E-state index in [0.717, 1.165) is 5.56 Å². The van der Waals surface area contributed by atoms with E-state index in [1.807, 2.05) is 13.0 Å². The summed E-state index contributed by atoms with van der Waals surface area (Å²) in [5.74, 6) is 5.30. The average Bonchev–Trinajstić information content (AvgIpc) is 2.49. The van der Waals surface area contributed by atoms with Gasteiger partial charge in [-0.15, -0.1) is 0 Å². The topological polar surface area (TPSA) is 104 Å². The van der Waals surface area contributed by atoms with Crippen LogP contribution in [0.5, 0.6) is 0 Å². The van der Waals surface area contributed by atoms with Crippen molar-refractivity contribution in [2.75, 3.05) is 10.7 Å². The van der Waals surface area contributed by atoms with Gasteiger partial charge < -0.3 is 10.7 Å². The Kier molecular flexibility index (Phi) is 3.93. The molecule has 6 nitrogen and oxygen atoms in total. The first-order chi connectivity index (χ1) is 9.63. The van der Waals surface area contributed by atoms with Crippen molar-refractivity contribution in [3.63, 3.8) is 0 Å². The number of carbonyl (C=O) groups is 1. The Labute approximate surface area is 116 Å². The van der Waals surface area contributed by atoms with Gasteiger partial charge in [0.05, 0.1) is 11.6 Å². The number of rotatable bonds is 3. The zero-order valence-corrected chi connectivity index (χ0v) is 10.8. The van der Waals surface area contributed by atoms with Gasteiger partial charge in [0.15, 0.2) is 0 Å². The minimum atomic E-state index is -0.361. The Morgan fingerprint density at radius 2 is 2.15 bits per heavy atom. The van der Waals surface area contributed by atoms with Gasteiger partial charge in [-0.2, -0.15) is 5.26 Å². The number of anilines is 2. The summed E-state index contributed by atoms with van der Waals surface area (Å²) in [6, 6.07) is 12.0. The van der Waals surface area contributed by atoms with Crippen molar-refractivity contribution in [2.45, 2.75) is 6.92 Å². The van der Waals surface area contributed by atoms with Crippen molar-refractivity contribution in [3.05, 3.63) is 53.2 Å². The molecular formula is C14H13N5O. The summed E-state index contributed by atoms with van der Waals surface area (Å²) in [6.45, 7) is 1.85. The Bertz CT molecular complexity index is 690. The van der Waals surface area contributed by atoms with E-state index < -0.39 is 0 Å². The third-order valence-electron chi connectivity index (χ3n) is 2.74. The highest BCUT2D eigenvalue weighted by atomic mass is 16.1. The number of nitrogens with zero attached hydrogens (tertiary/aromatic N) is 2. The minimum Gasteiger partial charge on any atom is -0.320 e. The van der Waals surface area contributed by atoms with Gasteiger partial charge in [0.1, 0.15) is 11.5 Å². The molecule has 20 heavy (non-hydrogen) atoms. The maximum atomic E-state index is 12.1. The van der Waals surface area contributed by atoms with Crippen LogP contribution >= 0.6 is 0 Å². The molecule has 0 atom stereocenters. The number of aromatic nitrogens is 1. The first-order valence-electron chi connectivity index (χ1n) is 5.90. The smallest absolute Gasteiger partial charge is 0.274 e. The zero-order valence-electron chi connectivity index (χ0n) is 10.8. The van der Waals surface area contributed by atoms with Crippen LogP contribution in [0.2, 0.25) is 0 Å². The molecule has 1 heterocycles. The SMILES string of the molecule is Cc1ccc(C#N)cc1NC(=O)c1cccc(NN)n1. The largest absolute Gasteiger partial charge is 0.320 e. The molecule has 0 aliphatic rings. The fraction of sp³-hybridized carbons (Fsp3) is 0.0714. The predicted molar refractivity (Wildman–Crippen MR) is 75.9 cm³/mol. The highest BCUT2D eigenvalue weighted by Crippen LogP contribution is 2.17. The second kappa shape index (κ2) is 5.82. The number of aryl methyl sites for hydroxylation is 1. The number of nitriles is 1. The molecule has 0 saturated carbocycles. The minimum absolute atomic E-state index is 0.238. The van der Waals surface area contributed by atoms with E-state index in [4.69, 9.17) is 11.1 Å². The molecule has 4 N–H and O–H groups in total. The van der Waals surface area contributed by atoms with Crippen molar-refractivity contribution in [3.8, 4) is 6.07 Å². The van der Waals surface area contributed by atoms with E-state index >= 15 is 0 Å². The molecule has 1 amide bonds. The van der Waals surface area contributed by atoms with Crippen molar-refractivity contribution in [1.82, 2.24) is 4.98 Å². The van der Waals surface area contributed by atoms with Crippen molar-refractivity contribution in [1.29, 1.82) is 5.26 Å². The highest BCUT2D eigenvalue weighted by Gasteiger charge is 2.10. The van der Waals surface area contributed by atoms with E-state index in [2.05, 4.69) is 15.7 Å². The number of hydrazine groups is 1. The van der Waals surface area contributed by atoms with Gasteiger partial charge in [0.25, 0.3) is 5.91 Å². The van der Waals surface area contributed by atoms with Crippen LogP contribution in [0.4, 0.5) is 11.5 Å². The first kappa shape index (κ1) is 13.5. The van der Waals surface area contributed by atoms with Crippen molar-refractivity contribution in [2.24, 2.45) is 5.84 Å². The highest BCUT2D eigenvalue weighted by molar-refractivity contribution is 6.03. The summed E-state index contributed by atoms with van der Waals surface area (Å²) in [5.41, 5.74) is 4.55. The van der Waals surface area contributed by atoms with Crippen LogP contribution in [0, 0.1) is 18.3 Å². The maximum Gasteiger partial charge on any atom is 0.274 e. The molecule has 0 aliphatic heterocycles. The van der Waals surface area contributed by atoms with Crippen LogP contribution in [-0.2, 0) is 0 Å². The van der Waals surface area contributed by atoms with Crippen LogP contribution in [-0.4, -0.2) is 10.9 Å². The molecule has 0 spiro atoms. The maximum absolute atomic E-state index is 12.1. The lowest BCUT2D eigenvalue weighted by atomic mass is 10.1. The van der Waals surface area contributed by atoms with E-state index in [1.165, 1.54) is 0 Å². The zero-order chi connectivity index (χ0) is 14.5. The van der Waals surface area contributed by atoms with Crippen LogP contribution in [0.3, 0.4) is 0 Å². The number of nitrogens with two attached hydrogens (primary N) is 1. The summed E-state index contributed by atoms with van der Waals surface area (Å²) < 4.78 is 0. The fourth-order valence-corrected chi connectivity index (χ4v) is 1.65. The number of nitrogens with one attached hydrogen (secondary N) is 2. The van der Waals surface area contributed by atoms with Gasteiger partial charge in [0, 0.05) is 5.69 Å². The predicted octanol–water partition coefficient (Wildman–Crippen LogP) is 1.80. The molecule has 1 aromatic heterocycles. The molecule has 0 unspecified atom stereocenters. The molecule has 2 rings (SSSR count). The molecule has 6 heteroatoms. The third kappa shape index (κ3) is 2.91. The molecule has 100 valence electrons. The number of hydrogen-bond acceptors (Lipinski definition) is 5. The van der Waals surface area contributed by atoms with Gasteiger partial charge in [-0.1, -0.05) is 12.1 Å². The normalized spacial score (nSPS) is 9.65. The van der Waals surface area contributed by atoms with Gasteiger partial charge >= 0.3 is 0 Å². The second-order valence-corrected chi connectivity index (χ2v) is 4.15. The summed E-state index contributed by atoms with van der Waals surface area (Å²) in [4.78, 5) is 16.2. The van der Waals surface area contributed by atoms with Gasteiger partial charge in [0.2, 0.25) is 0 Å². The molecule has 0 fully saturated rings. The van der Waals surface area contributed by atoms with Crippen molar-refractivity contribution < 1.29 is 4.79 Å². The van der Waals surface area contributed by atoms with E-state index in [1.54, 1.807) is 36.4 Å². The quantitative estimate of drug-likeness (QED) is 0.581. The third-order valence-corrected chi connectivity index (χ3v) is 2.74. The Hall–Kier alpha value is -2.91. The molecule has 1 aromatic carbocycles. The van der Waals surface area contributed by atoms with Gasteiger partial charge in [-0.25, -0.2) is 10.8 Å². The van der Waals surface area contributed by atoms with Gasteiger partial charge in [-0.05, 0) is 36.8 Å². The Morgan fingerprint density at radius 3 is 2.85 bits per heavy atom. The summed E-state index contributed by atoms with van der Waals surface area (Å²) >= 11 is 0. The molecule has 2 aromatic rings.